The van der Waals surface area contributed by atoms with Crippen molar-refractivity contribution in [2.75, 3.05) is 33.0 Å². The lowest BCUT2D eigenvalue weighted by molar-refractivity contribution is -0.00679. The molecule has 3 aliphatic heterocycles. The van der Waals surface area contributed by atoms with Crippen LogP contribution in [-0.2, 0) is 0 Å². The average Bonchev–Trinajstić information content (AvgIpc) is 2.80. The van der Waals surface area contributed by atoms with Gasteiger partial charge in [-0.05, 0) is 12.5 Å². The fraction of sp³-hybridized carbons (Fsp3) is 1.00. The van der Waals surface area contributed by atoms with Crippen LogP contribution in [0.15, 0.2) is 0 Å². The van der Waals surface area contributed by atoms with Gasteiger partial charge < -0.3 is 0 Å². The monoisotopic (exact) mass is 181 g/mol. The van der Waals surface area contributed by atoms with Gasteiger partial charge in [-0.1, -0.05) is 13.8 Å². The van der Waals surface area contributed by atoms with E-state index in [4.69, 9.17) is 0 Å². The lowest BCUT2D eigenvalue weighted by atomic mass is 9.88. The maximum absolute atomic E-state index is 2.66. The standard InChI is InChI=1S/C10H19N3/c1-3-11-6-12-5-9(12)10-8(2)4-13(10)7-11/h8-10H,3-7H2,1-2H3. The van der Waals surface area contributed by atoms with Crippen LogP contribution in [0.25, 0.3) is 0 Å². The Hall–Kier alpha value is -0.120. The predicted molar refractivity (Wildman–Crippen MR) is 52.3 cm³/mol. The largest absolute Gasteiger partial charge is 0.285 e. The summed E-state index contributed by atoms with van der Waals surface area (Å²) in [5, 5.41) is 0. The first-order valence-corrected chi connectivity index (χ1v) is 5.50. The molecular weight excluding hydrogens is 162 g/mol. The number of rotatable bonds is 1. The molecule has 0 N–H and O–H groups in total. The minimum Gasteiger partial charge on any atom is -0.285 e. The topological polar surface area (TPSA) is 9.49 Å². The highest BCUT2D eigenvalue weighted by Crippen LogP contribution is 2.38. The van der Waals surface area contributed by atoms with Gasteiger partial charge in [-0.2, -0.15) is 0 Å². The summed E-state index contributed by atoms with van der Waals surface area (Å²) in [6, 6.07) is 1.79. The molecule has 0 aromatic carbocycles. The Morgan fingerprint density at radius 1 is 1.15 bits per heavy atom. The van der Waals surface area contributed by atoms with Crippen molar-refractivity contribution in [2.45, 2.75) is 25.9 Å². The first-order chi connectivity index (χ1) is 6.29. The Morgan fingerprint density at radius 2 is 1.92 bits per heavy atom. The lowest BCUT2D eigenvalue weighted by Gasteiger charge is -2.47. The number of hydrogen-bond donors (Lipinski definition) is 0. The fourth-order valence-corrected chi connectivity index (χ4v) is 3.03. The van der Waals surface area contributed by atoms with Crippen LogP contribution in [-0.4, -0.2) is 59.8 Å². The molecule has 3 saturated heterocycles. The van der Waals surface area contributed by atoms with Gasteiger partial charge in [0.15, 0.2) is 0 Å². The van der Waals surface area contributed by atoms with E-state index in [1.807, 2.05) is 0 Å². The van der Waals surface area contributed by atoms with Crippen molar-refractivity contribution in [3.8, 4) is 0 Å². The first-order valence-electron chi connectivity index (χ1n) is 5.50. The van der Waals surface area contributed by atoms with Crippen molar-refractivity contribution in [3.63, 3.8) is 0 Å². The minimum atomic E-state index is 0.886. The second kappa shape index (κ2) is 2.69. The lowest BCUT2D eigenvalue weighted by Crippen LogP contribution is -2.59. The zero-order valence-corrected chi connectivity index (χ0v) is 8.61. The van der Waals surface area contributed by atoms with E-state index in [-0.39, 0.29) is 0 Å². The van der Waals surface area contributed by atoms with Gasteiger partial charge in [-0.3, -0.25) is 14.7 Å². The number of hydrogen-bond acceptors (Lipinski definition) is 3. The molecule has 0 aromatic rings. The van der Waals surface area contributed by atoms with Crippen LogP contribution in [0.2, 0.25) is 0 Å². The van der Waals surface area contributed by atoms with Gasteiger partial charge in [0.05, 0.1) is 13.3 Å². The Bertz CT molecular complexity index is 218. The van der Waals surface area contributed by atoms with Gasteiger partial charge in [0.25, 0.3) is 0 Å². The quantitative estimate of drug-likeness (QED) is 0.537. The van der Waals surface area contributed by atoms with E-state index in [2.05, 4.69) is 28.5 Å². The third kappa shape index (κ3) is 1.14. The summed E-state index contributed by atoms with van der Waals surface area (Å²) in [7, 11) is 0. The SMILES string of the molecule is CCN1CN2CC2C2C(C)CN2C1. The highest BCUT2D eigenvalue weighted by Gasteiger charge is 2.52. The van der Waals surface area contributed by atoms with Crippen LogP contribution in [0.4, 0.5) is 0 Å². The van der Waals surface area contributed by atoms with Crippen molar-refractivity contribution in [2.24, 2.45) is 5.92 Å². The first kappa shape index (κ1) is 8.21. The zero-order valence-electron chi connectivity index (χ0n) is 8.61. The molecule has 13 heavy (non-hydrogen) atoms. The van der Waals surface area contributed by atoms with Crippen LogP contribution in [0, 0.1) is 5.92 Å². The molecule has 0 aliphatic carbocycles. The van der Waals surface area contributed by atoms with Gasteiger partial charge >= 0.3 is 0 Å². The fourth-order valence-electron chi connectivity index (χ4n) is 3.03. The van der Waals surface area contributed by atoms with Crippen molar-refractivity contribution < 1.29 is 0 Å². The Labute approximate surface area is 80.3 Å². The van der Waals surface area contributed by atoms with E-state index < -0.39 is 0 Å². The molecule has 0 aromatic heterocycles. The van der Waals surface area contributed by atoms with Gasteiger partial charge in [0.2, 0.25) is 0 Å². The number of fused-ring (bicyclic) bond motifs is 3. The van der Waals surface area contributed by atoms with Gasteiger partial charge in [0, 0.05) is 25.2 Å². The van der Waals surface area contributed by atoms with Crippen LogP contribution in [0.5, 0.6) is 0 Å². The van der Waals surface area contributed by atoms with Crippen molar-refractivity contribution in [3.05, 3.63) is 0 Å². The summed E-state index contributed by atoms with van der Waals surface area (Å²) in [6.45, 7) is 11.0. The highest BCUT2D eigenvalue weighted by atomic mass is 15.5. The summed E-state index contributed by atoms with van der Waals surface area (Å²) >= 11 is 0. The van der Waals surface area contributed by atoms with Crippen molar-refractivity contribution >= 4 is 0 Å². The summed E-state index contributed by atoms with van der Waals surface area (Å²) in [6.07, 6.45) is 0. The van der Waals surface area contributed by atoms with Crippen LogP contribution in [0.1, 0.15) is 13.8 Å². The average molecular weight is 181 g/mol. The Balaban J connectivity index is 1.74. The number of nitrogens with zero attached hydrogens (tertiary/aromatic N) is 3. The summed E-state index contributed by atoms with van der Waals surface area (Å²) in [5.74, 6) is 0.937. The molecule has 0 amide bonds. The molecule has 3 heterocycles. The molecule has 3 heteroatoms. The third-order valence-electron chi connectivity index (χ3n) is 3.89. The van der Waals surface area contributed by atoms with E-state index in [0.29, 0.717) is 0 Å². The van der Waals surface area contributed by atoms with Crippen LogP contribution in [0.3, 0.4) is 0 Å². The Kier molecular flexibility index (Phi) is 1.70. The predicted octanol–water partition coefficient (Wildman–Crippen LogP) is 0.241. The third-order valence-corrected chi connectivity index (χ3v) is 3.89. The molecule has 0 spiro atoms. The molecule has 0 radical (unpaired) electrons. The maximum Gasteiger partial charge on any atom is 0.0522 e. The summed E-state index contributed by atoms with van der Waals surface area (Å²) in [5.41, 5.74) is 0. The van der Waals surface area contributed by atoms with Crippen LogP contribution < -0.4 is 0 Å². The second-order valence-electron chi connectivity index (χ2n) is 4.85. The van der Waals surface area contributed by atoms with E-state index in [1.165, 1.54) is 33.0 Å². The molecule has 3 aliphatic rings. The van der Waals surface area contributed by atoms with E-state index in [1.54, 1.807) is 0 Å². The summed E-state index contributed by atoms with van der Waals surface area (Å²) in [4.78, 5) is 7.82. The summed E-state index contributed by atoms with van der Waals surface area (Å²) < 4.78 is 0. The smallest absolute Gasteiger partial charge is 0.0522 e. The molecule has 3 nitrogen and oxygen atoms in total. The molecule has 3 rings (SSSR count). The molecule has 74 valence electrons. The minimum absolute atomic E-state index is 0.886. The van der Waals surface area contributed by atoms with Crippen molar-refractivity contribution in [1.29, 1.82) is 0 Å². The van der Waals surface area contributed by atoms with Gasteiger partial charge in [-0.15, -0.1) is 0 Å². The molecular formula is C10H19N3. The molecule has 0 saturated carbocycles. The molecule has 0 bridgehead atoms. The molecule has 4 atom stereocenters. The molecule has 4 unspecified atom stereocenters. The van der Waals surface area contributed by atoms with Gasteiger partial charge in [0.1, 0.15) is 0 Å². The van der Waals surface area contributed by atoms with Crippen molar-refractivity contribution in [1.82, 2.24) is 14.7 Å². The normalized spacial score (nSPS) is 50.3. The highest BCUT2D eigenvalue weighted by molar-refractivity contribution is 5.08. The van der Waals surface area contributed by atoms with E-state index >= 15 is 0 Å². The zero-order chi connectivity index (χ0) is 9.00. The van der Waals surface area contributed by atoms with E-state index in [9.17, 15) is 0 Å². The van der Waals surface area contributed by atoms with Gasteiger partial charge in [-0.25, -0.2) is 0 Å². The second-order valence-corrected chi connectivity index (χ2v) is 4.85. The Morgan fingerprint density at radius 3 is 2.62 bits per heavy atom. The molecule has 3 fully saturated rings. The van der Waals surface area contributed by atoms with E-state index in [0.717, 1.165) is 18.0 Å². The van der Waals surface area contributed by atoms with Crippen LogP contribution >= 0.6 is 0 Å². The maximum atomic E-state index is 2.66.